The van der Waals surface area contributed by atoms with Gasteiger partial charge in [0.1, 0.15) is 0 Å². The molecule has 1 saturated carbocycles. The summed E-state index contributed by atoms with van der Waals surface area (Å²) < 4.78 is 24.8. The van der Waals surface area contributed by atoms with Crippen molar-refractivity contribution in [3.63, 3.8) is 0 Å². The molecule has 4 nitrogen and oxygen atoms in total. The van der Waals surface area contributed by atoms with E-state index < -0.39 is 10.0 Å². The van der Waals surface area contributed by atoms with E-state index in [-0.39, 0.29) is 11.8 Å². The molecule has 0 unspecified atom stereocenters. The molecule has 5 heteroatoms. The standard InChI is InChI=1S/C9H16N2O2S/c1-2-3-7-11(9-4-5-9)14(12,13)8-6-10/h9H,2-5,7-8H2,1H3. The van der Waals surface area contributed by atoms with Crippen LogP contribution in [-0.2, 0) is 10.0 Å². The Kier molecular flexibility index (Phi) is 3.90. The van der Waals surface area contributed by atoms with Gasteiger partial charge in [-0.3, -0.25) is 0 Å². The van der Waals surface area contributed by atoms with E-state index in [0.29, 0.717) is 6.54 Å². The first-order chi connectivity index (χ1) is 6.61. The second-order valence-electron chi connectivity index (χ2n) is 3.61. The summed E-state index contributed by atoms with van der Waals surface area (Å²) in [7, 11) is -3.31. The fourth-order valence-corrected chi connectivity index (χ4v) is 2.79. The molecule has 14 heavy (non-hydrogen) atoms. The molecular formula is C9H16N2O2S. The van der Waals surface area contributed by atoms with Crippen LogP contribution < -0.4 is 0 Å². The van der Waals surface area contributed by atoms with Gasteiger partial charge in [0, 0.05) is 12.6 Å². The Hall–Kier alpha value is -0.600. The fourth-order valence-electron chi connectivity index (χ4n) is 1.39. The molecular weight excluding hydrogens is 200 g/mol. The van der Waals surface area contributed by atoms with Crippen molar-refractivity contribution in [2.75, 3.05) is 12.3 Å². The van der Waals surface area contributed by atoms with Gasteiger partial charge in [-0.05, 0) is 19.3 Å². The molecule has 0 N–H and O–H groups in total. The average Bonchev–Trinajstić information content (AvgIpc) is 2.88. The van der Waals surface area contributed by atoms with Crippen LogP contribution in [0.15, 0.2) is 0 Å². The van der Waals surface area contributed by atoms with Crippen LogP contribution in [0.5, 0.6) is 0 Å². The highest BCUT2D eigenvalue weighted by Crippen LogP contribution is 2.29. The first kappa shape index (κ1) is 11.5. The predicted octanol–water partition coefficient (Wildman–Crippen LogP) is 1.10. The first-order valence-corrected chi connectivity index (χ1v) is 6.59. The first-order valence-electron chi connectivity index (χ1n) is 4.98. The molecule has 0 bridgehead atoms. The Morgan fingerprint density at radius 3 is 2.57 bits per heavy atom. The zero-order valence-corrected chi connectivity index (χ0v) is 9.26. The largest absolute Gasteiger partial charge is 0.227 e. The fraction of sp³-hybridized carbons (Fsp3) is 0.889. The van der Waals surface area contributed by atoms with Gasteiger partial charge < -0.3 is 0 Å². The topological polar surface area (TPSA) is 61.2 Å². The monoisotopic (exact) mass is 216 g/mol. The van der Waals surface area contributed by atoms with Gasteiger partial charge in [-0.25, -0.2) is 8.42 Å². The van der Waals surface area contributed by atoms with E-state index in [2.05, 4.69) is 0 Å². The van der Waals surface area contributed by atoms with Crippen molar-refractivity contribution < 1.29 is 8.42 Å². The summed E-state index contributed by atoms with van der Waals surface area (Å²) in [6.07, 6.45) is 3.76. The van der Waals surface area contributed by atoms with Crippen molar-refractivity contribution >= 4 is 10.0 Å². The van der Waals surface area contributed by atoms with E-state index in [1.54, 1.807) is 6.07 Å². The molecule has 1 aliphatic rings. The quantitative estimate of drug-likeness (QED) is 0.668. The van der Waals surface area contributed by atoms with E-state index in [1.807, 2.05) is 6.92 Å². The third kappa shape index (κ3) is 2.96. The minimum Gasteiger partial charge on any atom is -0.211 e. The smallest absolute Gasteiger partial charge is 0.211 e. The van der Waals surface area contributed by atoms with Crippen molar-refractivity contribution in [2.45, 2.75) is 38.6 Å². The van der Waals surface area contributed by atoms with Crippen molar-refractivity contribution in [1.29, 1.82) is 5.26 Å². The molecule has 80 valence electrons. The lowest BCUT2D eigenvalue weighted by Crippen LogP contribution is -2.35. The van der Waals surface area contributed by atoms with E-state index in [9.17, 15) is 8.42 Å². The molecule has 0 heterocycles. The Morgan fingerprint density at radius 2 is 2.14 bits per heavy atom. The Labute approximate surface area is 85.6 Å². The lowest BCUT2D eigenvalue weighted by Gasteiger charge is -2.19. The highest BCUT2D eigenvalue weighted by atomic mass is 32.2. The maximum Gasteiger partial charge on any atom is 0.227 e. The minimum atomic E-state index is -3.31. The number of hydrogen-bond acceptors (Lipinski definition) is 3. The maximum atomic E-state index is 11.6. The van der Waals surface area contributed by atoms with Crippen LogP contribution >= 0.6 is 0 Å². The van der Waals surface area contributed by atoms with E-state index >= 15 is 0 Å². The Balaban J connectivity index is 2.62. The van der Waals surface area contributed by atoms with Crippen LogP contribution in [0.4, 0.5) is 0 Å². The molecule has 0 amide bonds. The van der Waals surface area contributed by atoms with E-state index in [4.69, 9.17) is 5.26 Å². The van der Waals surface area contributed by atoms with Crippen molar-refractivity contribution in [2.24, 2.45) is 0 Å². The molecule has 0 aliphatic heterocycles. The zero-order valence-electron chi connectivity index (χ0n) is 8.44. The second-order valence-corrected chi connectivity index (χ2v) is 5.53. The summed E-state index contributed by atoms with van der Waals surface area (Å²) >= 11 is 0. The summed E-state index contributed by atoms with van der Waals surface area (Å²) in [5, 5.41) is 8.42. The zero-order chi connectivity index (χ0) is 10.6. The van der Waals surface area contributed by atoms with Gasteiger partial charge in [0.25, 0.3) is 0 Å². The van der Waals surface area contributed by atoms with E-state index in [0.717, 1.165) is 25.7 Å². The summed E-state index contributed by atoms with van der Waals surface area (Å²) in [6, 6.07) is 1.90. The Bertz CT molecular complexity index is 314. The normalized spacial score (nSPS) is 16.9. The van der Waals surface area contributed by atoms with Gasteiger partial charge in [-0.15, -0.1) is 0 Å². The van der Waals surface area contributed by atoms with Gasteiger partial charge >= 0.3 is 0 Å². The molecule has 1 aliphatic carbocycles. The average molecular weight is 216 g/mol. The summed E-state index contributed by atoms with van der Waals surface area (Å²) in [5.74, 6) is -0.382. The summed E-state index contributed by atoms with van der Waals surface area (Å²) in [5.41, 5.74) is 0. The predicted molar refractivity (Wildman–Crippen MR) is 54.0 cm³/mol. The van der Waals surface area contributed by atoms with Crippen LogP contribution in [0.3, 0.4) is 0 Å². The maximum absolute atomic E-state index is 11.6. The van der Waals surface area contributed by atoms with Crippen LogP contribution in [0, 0.1) is 11.3 Å². The third-order valence-electron chi connectivity index (χ3n) is 2.29. The minimum absolute atomic E-state index is 0.180. The molecule has 1 fully saturated rings. The van der Waals surface area contributed by atoms with Crippen molar-refractivity contribution in [3.05, 3.63) is 0 Å². The summed E-state index contributed by atoms with van der Waals surface area (Å²) in [4.78, 5) is 0. The van der Waals surface area contributed by atoms with Crippen molar-refractivity contribution in [1.82, 2.24) is 4.31 Å². The summed E-state index contributed by atoms with van der Waals surface area (Å²) in [6.45, 7) is 2.60. The lowest BCUT2D eigenvalue weighted by molar-refractivity contribution is 0.397. The number of sulfonamides is 1. The molecule has 0 spiro atoms. The van der Waals surface area contributed by atoms with Crippen LogP contribution in [0.2, 0.25) is 0 Å². The molecule has 0 aromatic rings. The molecule has 0 atom stereocenters. The Morgan fingerprint density at radius 1 is 1.50 bits per heavy atom. The second kappa shape index (κ2) is 4.76. The third-order valence-corrected chi connectivity index (χ3v) is 3.98. The highest BCUT2D eigenvalue weighted by molar-refractivity contribution is 7.89. The van der Waals surface area contributed by atoms with Gasteiger partial charge in [-0.2, -0.15) is 9.57 Å². The molecule has 0 aromatic carbocycles. The number of hydrogen-bond donors (Lipinski definition) is 0. The van der Waals surface area contributed by atoms with Crippen LogP contribution in [-0.4, -0.2) is 31.1 Å². The van der Waals surface area contributed by atoms with Gasteiger partial charge in [0.05, 0.1) is 6.07 Å². The number of rotatable bonds is 6. The van der Waals surface area contributed by atoms with Crippen molar-refractivity contribution in [3.8, 4) is 6.07 Å². The number of nitriles is 1. The highest BCUT2D eigenvalue weighted by Gasteiger charge is 2.36. The molecule has 0 radical (unpaired) electrons. The van der Waals surface area contributed by atoms with Gasteiger partial charge in [-0.1, -0.05) is 13.3 Å². The van der Waals surface area contributed by atoms with Crippen LogP contribution in [0.1, 0.15) is 32.6 Å². The van der Waals surface area contributed by atoms with E-state index in [1.165, 1.54) is 4.31 Å². The lowest BCUT2D eigenvalue weighted by atomic mass is 10.3. The SMILES string of the molecule is CCCCN(C1CC1)S(=O)(=O)CC#N. The van der Waals surface area contributed by atoms with Gasteiger partial charge in [0.15, 0.2) is 5.75 Å². The van der Waals surface area contributed by atoms with Gasteiger partial charge in [0.2, 0.25) is 10.0 Å². The number of nitrogens with zero attached hydrogens (tertiary/aromatic N) is 2. The molecule has 0 saturated heterocycles. The molecule has 1 rings (SSSR count). The molecule has 0 aromatic heterocycles. The van der Waals surface area contributed by atoms with Crippen LogP contribution in [0.25, 0.3) is 0 Å². The number of unbranched alkanes of at least 4 members (excludes halogenated alkanes) is 1.